The summed E-state index contributed by atoms with van der Waals surface area (Å²) in [6.07, 6.45) is 1.21. The van der Waals surface area contributed by atoms with Crippen LogP contribution in [0.4, 0.5) is 0 Å². The van der Waals surface area contributed by atoms with Crippen LogP contribution < -0.4 is 0 Å². The molecule has 0 amide bonds. The van der Waals surface area contributed by atoms with Crippen molar-refractivity contribution in [2.45, 2.75) is 13.3 Å². The Kier molecular flexibility index (Phi) is 3.38. The molecule has 0 radical (unpaired) electrons. The molecule has 1 aromatic rings. The van der Waals surface area contributed by atoms with Crippen molar-refractivity contribution in [3.8, 4) is 5.75 Å². The zero-order chi connectivity index (χ0) is 11.4. The summed E-state index contributed by atoms with van der Waals surface area (Å²) in [4.78, 5) is 25.7. The van der Waals surface area contributed by atoms with Crippen molar-refractivity contribution in [2.75, 3.05) is 0 Å². The van der Waals surface area contributed by atoms with Crippen LogP contribution in [0.1, 0.15) is 23.8 Å². The van der Waals surface area contributed by atoms with Gasteiger partial charge in [0.1, 0.15) is 11.4 Å². The van der Waals surface area contributed by atoms with E-state index in [2.05, 4.69) is 4.98 Å². The number of carbonyl (C=O) groups is 2. The van der Waals surface area contributed by atoms with E-state index in [1.54, 1.807) is 0 Å². The van der Waals surface area contributed by atoms with E-state index in [-0.39, 0.29) is 17.9 Å². The molecule has 15 heavy (non-hydrogen) atoms. The van der Waals surface area contributed by atoms with Crippen LogP contribution in [0.3, 0.4) is 0 Å². The van der Waals surface area contributed by atoms with Crippen molar-refractivity contribution in [1.29, 1.82) is 0 Å². The second-order valence-electron chi connectivity index (χ2n) is 3.24. The Morgan fingerprint density at radius 1 is 1.53 bits per heavy atom. The summed E-state index contributed by atoms with van der Waals surface area (Å²) in [7, 11) is 0. The minimum atomic E-state index is -1.04. The van der Waals surface area contributed by atoms with Gasteiger partial charge in [0.15, 0.2) is 5.78 Å². The van der Waals surface area contributed by atoms with Crippen LogP contribution in [0, 0.1) is 5.92 Å². The number of pyridine rings is 1. The summed E-state index contributed by atoms with van der Waals surface area (Å²) in [6.45, 7) is 1.43. The van der Waals surface area contributed by atoms with Crippen LogP contribution in [0.5, 0.6) is 5.75 Å². The first-order valence-corrected chi connectivity index (χ1v) is 4.42. The first kappa shape index (κ1) is 11.2. The summed E-state index contributed by atoms with van der Waals surface area (Å²) in [5, 5.41) is 17.9. The van der Waals surface area contributed by atoms with Gasteiger partial charge in [-0.25, -0.2) is 4.98 Å². The lowest BCUT2D eigenvalue weighted by molar-refractivity contribution is -0.141. The van der Waals surface area contributed by atoms with Gasteiger partial charge in [0.25, 0.3) is 0 Å². The highest BCUT2D eigenvalue weighted by atomic mass is 16.4. The van der Waals surface area contributed by atoms with E-state index in [1.165, 1.54) is 25.3 Å². The Hall–Kier alpha value is -1.91. The summed E-state index contributed by atoms with van der Waals surface area (Å²) >= 11 is 0. The number of aliphatic carboxylic acids is 1. The highest BCUT2D eigenvalue weighted by Crippen LogP contribution is 2.16. The molecule has 0 aromatic carbocycles. The van der Waals surface area contributed by atoms with Gasteiger partial charge in [-0.05, 0) is 12.1 Å². The number of carbonyl (C=O) groups excluding carboxylic acids is 1. The van der Waals surface area contributed by atoms with E-state index < -0.39 is 17.7 Å². The average molecular weight is 209 g/mol. The normalized spacial score (nSPS) is 12.1. The van der Waals surface area contributed by atoms with Crippen molar-refractivity contribution in [1.82, 2.24) is 4.98 Å². The number of aromatic hydroxyl groups is 1. The predicted octanol–water partition coefficient (Wildman–Crippen LogP) is 1.08. The fourth-order valence-electron chi connectivity index (χ4n) is 1.07. The average Bonchev–Trinajstić information content (AvgIpc) is 2.18. The molecule has 0 aliphatic carbocycles. The van der Waals surface area contributed by atoms with Gasteiger partial charge in [-0.3, -0.25) is 9.59 Å². The van der Waals surface area contributed by atoms with Gasteiger partial charge in [-0.2, -0.15) is 0 Å². The number of rotatable bonds is 4. The third-order valence-corrected chi connectivity index (χ3v) is 1.96. The first-order chi connectivity index (χ1) is 7.02. The smallest absolute Gasteiger partial charge is 0.306 e. The monoisotopic (exact) mass is 209 g/mol. The third-order valence-electron chi connectivity index (χ3n) is 1.96. The SMILES string of the molecule is C[C@H](CC(=O)c1ncccc1O)C(=O)O. The molecule has 0 saturated heterocycles. The van der Waals surface area contributed by atoms with Crippen LogP contribution in [0.2, 0.25) is 0 Å². The molecule has 1 heterocycles. The molecule has 1 aromatic heterocycles. The molecular formula is C10H11NO4. The van der Waals surface area contributed by atoms with E-state index in [0.717, 1.165) is 0 Å². The molecule has 5 heteroatoms. The van der Waals surface area contributed by atoms with Crippen LogP contribution in [-0.4, -0.2) is 26.9 Å². The van der Waals surface area contributed by atoms with Gasteiger partial charge >= 0.3 is 5.97 Å². The Morgan fingerprint density at radius 3 is 2.73 bits per heavy atom. The highest BCUT2D eigenvalue weighted by molar-refractivity contribution is 5.98. The van der Waals surface area contributed by atoms with Crippen molar-refractivity contribution >= 4 is 11.8 Å². The summed E-state index contributed by atoms with van der Waals surface area (Å²) < 4.78 is 0. The van der Waals surface area contributed by atoms with Crippen LogP contribution in [-0.2, 0) is 4.79 Å². The topological polar surface area (TPSA) is 87.5 Å². The molecule has 0 fully saturated rings. The molecule has 0 spiro atoms. The minimum absolute atomic E-state index is 0.0781. The second-order valence-corrected chi connectivity index (χ2v) is 3.24. The Morgan fingerprint density at radius 2 is 2.20 bits per heavy atom. The maximum absolute atomic E-state index is 11.5. The van der Waals surface area contributed by atoms with Gasteiger partial charge in [-0.1, -0.05) is 6.92 Å². The molecule has 0 bridgehead atoms. The Labute approximate surface area is 86.4 Å². The summed E-state index contributed by atoms with van der Waals surface area (Å²) in [6, 6.07) is 2.83. The van der Waals surface area contributed by atoms with Crippen molar-refractivity contribution in [2.24, 2.45) is 5.92 Å². The van der Waals surface area contributed by atoms with Crippen molar-refractivity contribution in [3.05, 3.63) is 24.0 Å². The van der Waals surface area contributed by atoms with E-state index in [0.29, 0.717) is 0 Å². The number of hydrogen-bond acceptors (Lipinski definition) is 4. The number of Topliss-reactive ketones (excluding diaryl/α,β-unsaturated/α-hetero) is 1. The lowest BCUT2D eigenvalue weighted by Gasteiger charge is -2.05. The Balaban J connectivity index is 2.78. The van der Waals surface area contributed by atoms with Crippen LogP contribution in [0.15, 0.2) is 18.3 Å². The molecule has 5 nitrogen and oxygen atoms in total. The number of hydrogen-bond donors (Lipinski definition) is 2. The lowest BCUT2D eigenvalue weighted by Crippen LogP contribution is -2.15. The molecule has 0 saturated carbocycles. The number of nitrogens with zero attached hydrogens (tertiary/aromatic N) is 1. The molecule has 0 aliphatic heterocycles. The second kappa shape index (κ2) is 4.54. The number of carboxylic acid groups (broad SMARTS) is 1. The van der Waals surface area contributed by atoms with Crippen molar-refractivity contribution in [3.63, 3.8) is 0 Å². The third kappa shape index (κ3) is 2.77. The largest absolute Gasteiger partial charge is 0.506 e. The zero-order valence-electron chi connectivity index (χ0n) is 8.17. The minimum Gasteiger partial charge on any atom is -0.506 e. The number of aromatic nitrogens is 1. The van der Waals surface area contributed by atoms with Gasteiger partial charge in [0, 0.05) is 12.6 Å². The summed E-state index contributed by atoms with van der Waals surface area (Å²) in [5.74, 6) is -2.51. The van der Waals surface area contributed by atoms with E-state index in [4.69, 9.17) is 5.11 Å². The molecule has 80 valence electrons. The molecule has 1 rings (SSSR count). The fraction of sp³-hybridized carbons (Fsp3) is 0.300. The number of ketones is 1. The van der Waals surface area contributed by atoms with E-state index >= 15 is 0 Å². The van der Waals surface area contributed by atoms with E-state index in [9.17, 15) is 14.7 Å². The standard InChI is InChI=1S/C10H11NO4/c1-6(10(14)15)5-8(13)9-7(12)3-2-4-11-9/h2-4,6,12H,5H2,1H3,(H,14,15)/t6-/m1/s1. The quantitative estimate of drug-likeness (QED) is 0.724. The maximum Gasteiger partial charge on any atom is 0.306 e. The Bertz CT molecular complexity index is 389. The molecule has 0 unspecified atom stereocenters. The molecule has 1 atom stereocenters. The highest BCUT2D eigenvalue weighted by Gasteiger charge is 2.19. The van der Waals surface area contributed by atoms with Gasteiger partial charge in [0.05, 0.1) is 5.92 Å². The fourth-order valence-corrected chi connectivity index (χ4v) is 1.07. The summed E-state index contributed by atoms with van der Waals surface area (Å²) in [5.41, 5.74) is -0.0781. The first-order valence-electron chi connectivity index (χ1n) is 4.42. The van der Waals surface area contributed by atoms with Crippen LogP contribution >= 0.6 is 0 Å². The molecular weight excluding hydrogens is 198 g/mol. The van der Waals surface area contributed by atoms with Gasteiger partial charge in [-0.15, -0.1) is 0 Å². The van der Waals surface area contributed by atoms with Crippen molar-refractivity contribution < 1.29 is 19.8 Å². The maximum atomic E-state index is 11.5. The number of carboxylic acids is 1. The molecule has 0 aliphatic rings. The molecule has 2 N–H and O–H groups in total. The van der Waals surface area contributed by atoms with Crippen LogP contribution in [0.25, 0.3) is 0 Å². The zero-order valence-corrected chi connectivity index (χ0v) is 8.17. The predicted molar refractivity (Wildman–Crippen MR) is 51.6 cm³/mol. The van der Waals surface area contributed by atoms with E-state index in [1.807, 2.05) is 0 Å². The van der Waals surface area contributed by atoms with Gasteiger partial charge in [0.2, 0.25) is 0 Å². The van der Waals surface area contributed by atoms with Gasteiger partial charge < -0.3 is 10.2 Å². The lowest BCUT2D eigenvalue weighted by atomic mass is 10.0.